The van der Waals surface area contributed by atoms with E-state index in [-0.39, 0.29) is 46.8 Å². The Bertz CT molecular complexity index is 703. The lowest BCUT2D eigenvalue weighted by atomic mass is 9.84. The van der Waals surface area contributed by atoms with Gasteiger partial charge in [-0.2, -0.15) is 0 Å². The Labute approximate surface area is 187 Å². The molecule has 1 saturated heterocycles. The summed E-state index contributed by atoms with van der Waals surface area (Å²) in [7, 11) is -1.09. The predicted molar refractivity (Wildman–Crippen MR) is 120 cm³/mol. The highest BCUT2D eigenvalue weighted by Crippen LogP contribution is 2.31. The van der Waals surface area contributed by atoms with E-state index in [1.165, 1.54) is 0 Å². The Kier molecular flexibility index (Phi) is 8.79. The molecule has 0 spiro atoms. The molecule has 7 nitrogen and oxygen atoms in total. The SMILES string of the molecule is CCS(=O)(=O)C1CCC(CC(=O)NC2CCC(C(=O)N(C)CC3CCCO3)CC2)CC1. The number of hydrogen-bond acceptors (Lipinski definition) is 5. The van der Waals surface area contributed by atoms with Crippen LogP contribution in [0, 0.1) is 11.8 Å². The number of carbonyl (C=O) groups is 2. The van der Waals surface area contributed by atoms with Crippen LogP contribution in [0.5, 0.6) is 0 Å². The van der Waals surface area contributed by atoms with Crippen molar-refractivity contribution in [1.29, 1.82) is 0 Å². The van der Waals surface area contributed by atoms with Crippen molar-refractivity contribution in [3.63, 3.8) is 0 Å². The monoisotopic (exact) mass is 456 g/mol. The zero-order chi connectivity index (χ0) is 22.4. The number of hydrogen-bond donors (Lipinski definition) is 1. The molecule has 31 heavy (non-hydrogen) atoms. The quantitative estimate of drug-likeness (QED) is 0.606. The van der Waals surface area contributed by atoms with Crippen molar-refractivity contribution in [1.82, 2.24) is 10.2 Å². The molecule has 2 saturated carbocycles. The Morgan fingerprint density at radius 3 is 2.26 bits per heavy atom. The van der Waals surface area contributed by atoms with Gasteiger partial charge < -0.3 is 15.0 Å². The molecule has 0 radical (unpaired) electrons. The lowest BCUT2D eigenvalue weighted by Gasteiger charge is -2.32. The Morgan fingerprint density at radius 1 is 1.00 bits per heavy atom. The molecule has 1 atom stereocenters. The molecule has 3 rings (SSSR count). The summed E-state index contributed by atoms with van der Waals surface area (Å²) in [4.78, 5) is 27.1. The second kappa shape index (κ2) is 11.1. The minimum Gasteiger partial charge on any atom is -0.376 e. The van der Waals surface area contributed by atoms with Crippen LogP contribution in [0.1, 0.15) is 77.6 Å². The Morgan fingerprint density at radius 2 is 1.68 bits per heavy atom. The molecule has 2 amide bonds. The van der Waals surface area contributed by atoms with Gasteiger partial charge >= 0.3 is 0 Å². The van der Waals surface area contributed by atoms with Gasteiger partial charge in [-0.1, -0.05) is 6.92 Å². The number of nitrogens with one attached hydrogen (secondary N) is 1. The van der Waals surface area contributed by atoms with Crippen LogP contribution in [0.15, 0.2) is 0 Å². The van der Waals surface area contributed by atoms with Gasteiger partial charge in [0.1, 0.15) is 0 Å². The van der Waals surface area contributed by atoms with Gasteiger partial charge in [0.15, 0.2) is 9.84 Å². The number of likely N-dealkylation sites (N-methyl/N-ethyl adjacent to an activating group) is 1. The summed E-state index contributed by atoms with van der Waals surface area (Å²) in [5.74, 6) is 0.826. The summed E-state index contributed by atoms with van der Waals surface area (Å²) in [6, 6.07) is 0.150. The van der Waals surface area contributed by atoms with Crippen LogP contribution in [-0.4, -0.2) is 68.5 Å². The summed E-state index contributed by atoms with van der Waals surface area (Å²) < 4.78 is 29.7. The lowest BCUT2D eigenvalue weighted by Crippen LogP contribution is -2.43. The molecule has 1 N–H and O–H groups in total. The van der Waals surface area contributed by atoms with Crippen molar-refractivity contribution in [3.05, 3.63) is 0 Å². The maximum Gasteiger partial charge on any atom is 0.225 e. The molecule has 0 aromatic carbocycles. The molecule has 2 aliphatic carbocycles. The summed E-state index contributed by atoms with van der Waals surface area (Å²) in [5, 5.41) is 2.94. The minimum absolute atomic E-state index is 0.0512. The maximum absolute atomic E-state index is 12.7. The average molecular weight is 457 g/mol. The first kappa shape index (κ1) is 24.5. The molecule has 1 heterocycles. The first-order valence-corrected chi connectivity index (χ1v) is 13.9. The molecule has 3 fully saturated rings. The predicted octanol–water partition coefficient (Wildman–Crippen LogP) is 2.68. The van der Waals surface area contributed by atoms with Gasteiger partial charge in [0.25, 0.3) is 0 Å². The number of nitrogens with zero attached hydrogens (tertiary/aromatic N) is 1. The van der Waals surface area contributed by atoms with E-state index in [9.17, 15) is 18.0 Å². The first-order valence-electron chi connectivity index (χ1n) is 12.2. The number of amides is 2. The van der Waals surface area contributed by atoms with Crippen LogP contribution in [-0.2, 0) is 24.2 Å². The molecule has 0 aromatic rings. The summed E-state index contributed by atoms with van der Waals surface area (Å²) in [6.45, 7) is 3.19. The largest absolute Gasteiger partial charge is 0.376 e. The second-order valence-corrected chi connectivity index (χ2v) is 12.3. The summed E-state index contributed by atoms with van der Waals surface area (Å²) >= 11 is 0. The van der Waals surface area contributed by atoms with Crippen molar-refractivity contribution < 1.29 is 22.7 Å². The van der Waals surface area contributed by atoms with Crippen LogP contribution in [0.25, 0.3) is 0 Å². The van der Waals surface area contributed by atoms with Crippen LogP contribution < -0.4 is 5.32 Å². The number of carbonyl (C=O) groups excluding carboxylic acids is 2. The fraction of sp³-hybridized carbons (Fsp3) is 0.913. The zero-order valence-corrected chi connectivity index (χ0v) is 20.0. The summed E-state index contributed by atoms with van der Waals surface area (Å²) in [6.07, 6.45) is 9.10. The van der Waals surface area contributed by atoms with E-state index in [0.29, 0.717) is 25.8 Å². The van der Waals surface area contributed by atoms with E-state index in [4.69, 9.17) is 4.74 Å². The van der Waals surface area contributed by atoms with Gasteiger partial charge in [0.05, 0.1) is 11.4 Å². The van der Waals surface area contributed by atoms with Gasteiger partial charge in [0, 0.05) is 44.3 Å². The molecule has 178 valence electrons. The third-order valence-electron chi connectivity index (χ3n) is 7.50. The summed E-state index contributed by atoms with van der Waals surface area (Å²) in [5.41, 5.74) is 0. The molecular weight excluding hydrogens is 416 g/mol. The lowest BCUT2D eigenvalue weighted by molar-refractivity contribution is -0.136. The number of sulfone groups is 1. The second-order valence-electron chi connectivity index (χ2n) is 9.77. The van der Waals surface area contributed by atoms with E-state index >= 15 is 0 Å². The fourth-order valence-electron chi connectivity index (χ4n) is 5.46. The maximum atomic E-state index is 12.7. The van der Waals surface area contributed by atoms with E-state index in [1.54, 1.807) is 6.92 Å². The molecule has 0 bridgehead atoms. The van der Waals surface area contributed by atoms with Crippen LogP contribution in [0.3, 0.4) is 0 Å². The van der Waals surface area contributed by atoms with E-state index in [2.05, 4.69) is 5.32 Å². The van der Waals surface area contributed by atoms with Crippen molar-refractivity contribution in [3.8, 4) is 0 Å². The van der Waals surface area contributed by atoms with Crippen LogP contribution in [0.2, 0.25) is 0 Å². The smallest absolute Gasteiger partial charge is 0.225 e. The highest BCUT2D eigenvalue weighted by molar-refractivity contribution is 7.92. The van der Waals surface area contributed by atoms with E-state index in [1.807, 2.05) is 11.9 Å². The number of rotatable bonds is 8. The Hall–Kier alpha value is -1.15. The molecular formula is C23H40N2O5S. The van der Waals surface area contributed by atoms with Crippen molar-refractivity contribution >= 4 is 21.7 Å². The molecule has 1 aliphatic heterocycles. The van der Waals surface area contributed by atoms with Gasteiger partial charge in [-0.25, -0.2) is 8.42 Å². The average Bonchev–Trinajstić information content (AvgIpc) is 3.27. The van der Waals surface area contributed by atoms with Gasteiger partial charge in [-0.05, 0) is 70.1 Å². The van der Waals surface area contributed by atoms with E-state index < -0.39 is 9.84 Å². The van der Waals surface area contributed by atoms with Crippen LogP contribution in [0.4, 0.5) is 0 Å². The van der Waals surface area contributed by atoms with Gasteiger partial charge in [0.2, 0.25) is 11.8 Å². The highest BCUT2D eigenvalue weighted by atomic mass is 32.2. The first-order chi connectivity index (χ1) is 14.8. The topological polar surface area (TPSA) is 92.8 Å². The van der Waals surface area contributed by atoms with E-state index in [0.717, 1.165) is 58.0 Å². The molecule has 1 unspecified atom stereocenters. The van der Waals surface area contributed by atoms with Gasteiger partial charge in [-0.3, -0.25) is 9.59 Å². The number of ether oxygens (including phenoxy) is 1. The normalized spacial score (nSPS) is 31.9. The third kappa shape index (κ3) is 6.91. The van der Waals surface area contributed by atoms with Crippen molar-refractivity contribution in [2.75, 3.05) is 26.0 Å². The molecule has 0 aromatic heterocycles. The standard InChI is InChI=1S/C23H40N2O5S/c1-3-31(28,29)21-12-6-17(7-13-21)15-22(26)24-19-10-8-18(9-11-19)23(27)25(2)16-20-5-4-14-30-20/h17-21H,3-16H2,1-2H3,(H,24,26). The van der Waals surface area contributed by atoms with Gasteiger partial charge in [-0.15, -0.1) is 0 Å². The highest BCUT2D eigenvalue weighted by Gasteiger charge is 2.32. The molecule has 3 aliphatic rings. The van der Waals surface area contributed by atoms with Crippen molar-refractivity contribution in [2.24, 2.45) is 11.8 Å². The van der Waals surface area contributed by atoms with Crippen LogP contribution >= 0.6 is 0 Å². The minimum atomic E-state index is -2.96. The third-order valence-corrected chi connectivity index (χ3v) is 9.79. The fourth-order valence-corrected chi connectivity index (χ4v) is 6.92. The molecule has 8 heteroatoms. The van der Waals surface area contributed by atoms with Crippen molar-refractivity contribution in [2.45, 2.75) is 94.9 Å². The Balaban J connectivity index is 1.34. The zero-order valence-electron chi connectivity index (χ0n) is 19.2.